The van der Waals surface area contributed by atoms with Crippen molar-refractivity contribution in [3.8, 4) is 0 Å². The normalized spacial score (nSPS) is 25.5. The predicted molar refractivity (Wildman–Crippen MR) is 75.5 cm³/mol. The third kappa shape index (κ3) is 3.35. The number of aromatic nitrogens is 2. The van der Waals surface area contributed by atoms with Crippen LogP contribution in [0.1, 0.15) is 45.2 Å². The fourth-order valence-corrected chi connectivity index (χ4v) is 3.27. The van der Waals surface area contributed by atoms with Gasteiger partial charge in [0.2, 0.25) is 0 Å². The Bertz CT molecular complexity index is 358. The molecule has 1 aromatic rings. The molecule has 0 bridgehead atoms. The Labute approximate surface area is 111 Å². The summed E-state index contributed by atoms with van der Waals surface area (Å²) in [6.07, 6.45) is 8.52. The molecule has 1 aliphatic carbocycles. The maximum Gasteiger partial charge on any atom is 0.0640 e. The van der Waals surface area contributed by atoms with E-state index < -0.39 is 0 Å². The smallest absolute Gasteiger partial charge is 0.0640 e. The van der Waals surface area contributed by atoms with Crippen LogP contribution in [0.4, 0.5) is 0 Å². The molecule has 1 N–H and O–H groups in total. The number of hydrogen-bond donors (Lipinski definition) is 1. The lowest BCUT2D eigenvalue weighted by molar-refractivity contribution is 0.293. The molecule has 18 heavy (non-hydrogen) atoms. The molecular formula is C15H27N3. The van der Waals surface area contributed by atoms with Crippen LogP contribution in [-0.4, -0.2) is 22.4 Å². The van der Waals surface area contributed by atoms with Crippen molar-refractivity contribution in [2.45, 2.75) is 52.0 Å². The Kier molecular flexibility index (Phi) is 4.81. The number of aryl methyl sites for hydroxylation is 1. The summed E-state index contributed by atoms with van der Waals surface area (Å²) in [5.41, 5.74) is 1.23. The van der Waals surface area contributed by atoms with Crippen molar-refractivity contribution in [1.29, 1.82) is 0 Å². The summed E-state index contributed by atoms with van der Waals surface area (Å²) < 4.78 is 1.91. The van der Waals surface area contributed by atoms with Crippen LogP contribution in [0.25, 0.3) is 0 Å². The molecule has 1 aliphatic rings. The highest BCUT2D eigenvalue weighted by Crippen LogP contribution is 2.34. The molecule has 0 saturated heterocycles. The minimum Gasteiger partial charge on any atom is -0.313 e. The molecule has 0 amide bonds. The van der Waals surface area contributed by atoms with Crippen LogP contribution in [0, 0.1) is 11.8 Å². The average Bonchev–Trinajstić information content (AvgIpc) is 2.93. The van der Waals surface area contributed by atoms with Gasteiger partial charge in [0.1, 0.15) is 0 Å². The quantitative estimate of drug-likeness (QED) is 0.840. The maximum absolute atomic E-state index is 4.53. The summed E-state index contributed by atoms with van der Waals surface area (Å²) in [6, 6.07) is 2.76. The van der Waals surface area contributed by atoms with E-state index in [9.17, 15) is 0 Å². The molecule has 1 fully saturated rings. The molecule has 0 spiro atoms. The minimum atomic E-state index is 0.609. The lowest BCUT2D eigenvalue weighted by Gasteiger charge is -2.27. The van der Waals surface area contributed by atoms with E-state index in [0.717, 1.165) is 24.8 Å². The van der Waals surface area contributed by atoms with Crippen LogP contribution in [0.5, 0.6) is 0 Å². The Morgan fingerprint density at radius 2 is 2.33 bits per heavy atom. The van der Waals surface area contributed by atoms with Crippen LogP contribution in [0.2, 0.25) is 0 Å². The second-order valence-corrected chi connectivity index (χ2v) is 5.82. The third-order valence-corrected chi connectivity index (χ3v) is 4.30. The Morgan fingerprint density at radius 1 is 1.50 bits per heavy atom. The second-order valence-electron chi connectivity index (χ2n) is 5.82. The topological polar surface area (TPSA) is 29.9 Å². The Hall–Kier alpha value is -0.830. The monoisotopic (exact) mass is 249 g/mol. The summed E-state index contributed by atoms with van der Waals surface area (Å²) in [7, 11) is 2.00. The summed E-state index contributed by atoms with van der Waals surface area (Å²) >= 11 is 0. The first-order valence-electron chi connectivity index (χ1n) is 7.42. The van der Waals surface area contributed by atoms with E-state index in [0.29, 0.717) is 6.04 Å². The van der Waals surface area contributed by atoms with Gasteiger partial charge in [-0.1, -0.05) is 26.7 Å². The van der Waals surface area contributed by atoms with Gasteiger partial charge in [0.25, 0.3) is 0 Å². The van der Waals surface area contributed by atoms with Gasteiger partial charge in [0.05, 0.1) is 5.69 Å². The van der Waals surface area contributed by atoms with Crippen LogP contribution < -0.4 is 5.32 Å². The molecule has 3 unspecified atom stereocenters. The molecule has 3 nitrogen and oxygen atoms in total. The fraction of sp³-hybridized carbons (Fsp3) is 0.800. The molecule has 3 atom stereocenters. The van der Waals surface area contributed by atoms with E-state index in [1.165, 1.54) is 31.4 Å². The van der Waals surface area contributed by atoms with E-state index in [-0.39, 0.29) is 0 Å². The largest absolute Gasteiger partial charge is 0.313 e. The van der Waals surface area contributed by atoms with E-state index in [1.54, 1.807) is 0 Å². The van der Waals surface area contributed by atoms with Gasteiger partial charge in [0, 0.05) is 25.7 Å². The Balaban J connectivity index is 2.00. The van der Waals surface area contributed by atoms with E-state index >= 15 is 0 Å². The minimum absolute atomic E-state index is 0.609. The van der Waals surface area contributed by atoms with Crippen molar-refractivity contribution in [2.75, 3.05) is 6.54 Å². The molecule has 2 rings (SSSR count). The standard InChI is InChI=1S/C15H27N3/c1-4-9-16-15(14-7-5-6-12(14)2)11-13-8-10-18(3)17-13/h8,10,12,14-16H,4-7,9,11H2,1-3H3. The summed E-state index contributed by atoms with van der Waals surface area (Å²) in [4.78, 5) is 0. The Morgan fingerprint density at radius 3 is 2.89 bits per heavy atom. The predicted octanol–water partition coefficient (Wildman–Crippen LogP) is 2.77. The molecule has 0 aromatic carbocycles. The van der Waals surface area contributed by atoms with Crippen LogP contribution in [-0.2, 0) is 13.5 Å². The van der Waals surface area contributed by atoms with Crippen molar-refractivity contribution in [2.24, 2.45) is 18.9 Å². The van der Waals surface area contributed by atoms with Crippen molar-refractivity contribution in [1.82, 2.24) is 15.1 Å². The zero-order valence-corrected chi connectivity index (χ0v) is 12.0. The summed E-state index contributed by atoms with van der Waals surface area (Å²) in [5.74, 6) is 1.70. The first-order valence-corrected chi connectivity index (χ1v) is 7.42. The van der Waals surface area contributed by atoms with Gasteiger partial charge in [-0.3, -0.25) is 4.68 Å². The van der Waals surface area contributed by atoms with Crippen molar-refractivity contribution < 1.29 is 0 Å². The molecule has 102 valence electrons. The van der Waals surface area contributed by atoms with Gasteiger partial charge in [0.15, 0.2) is 0 Å². The maximum atomic E-state index is 4.53. The van der Waals surface area contributed by atoms with Gasteiger partial charge >= 0.3 is 0 Å². The zero-order chi connectivity index (χ0) is 13.0. The van der Waals surface area contributed by atoms with Gasteiger partial charge in [-0.2, -0.15) is 5.10 Å². The zero-order valence-electron chi connectivity index (χ0n) is 12.0. The molecular weight excluding hydrogens is 222 g/mol. The molecule has 1 aromatic heterocycles. The van der Waals surface area contributed by atoms with Crippen LogP contribution >= 0.6 is 0 Å². The number of nitrogens with zero attached hydrogens (tertiary/aromatic N) is 2. The van der Waals surface area contributed by atoms with Gasteiger partial charge in [-0.15, -0.1) is 0 Å². The molecule has 1 saturated carbocycles. The highest BCUT2D eigenvalue weighted by Gasteiger charge is 2.30. The first-order chi connectivity index (χ1) is 8.70. The summed E-state index contributed by atoms with van der Waals surface area (Å²) in [6.45, 7) is 5.78. The van der Waals surface area contributed by atoms with E-state index in [1.807, 2.05) is 17.9 Å². The second kappa shape index (κ2) is 6.37. The fourth-order valence-electron chi connectivity index (χ4n) is 3.27. The third-order valence-electron chi connectivity index (χ3n) is 4.30. The van der Waals surface area contributed by atoms with E-state index in [4.69, 9.17) is 0 Å². The lowest BCUT2D eigenvalue weighted by atomic mass is 9.87. The number of hydrogen-bond acceptors (Lipinski definition) is 2. The van der Waals surface area contributed by atoms with Crippen molar-refractivity contribution in [3.05, 3.63) is 18.0 Å². The molecule has 1 heterocycles. The SMILES string of the molecule is CCCNC(Cc1ccn(C)n1)C1CCCC1C. The highest BCUT2D eigenvalue weighted by molar-refractivity contribution is 5.03. The lowest BCUT2D eigenvalue weighted by Crippen LogP contribution is -2.39. The molecule has 3 heteroatoms. The molecule has 0 radical (unpaired) electrons. The van der Waals surface area contributed by atoms with Gasteiger partial charge < -0.3 is 5.32 Å². The van der Waals surface area contributed by atoms with Crippen molar-refractivity contribution in [3.63, 3.8) is 0 Å². The number of rotatable bonds is 6. The number of nitrogens with one attached hydrogen (secondary N) is 1. The first kappa shape index (κ1) is 13.6. The molecule has 0 aliphatic heterocycles. The van der Waals surface area contributed by atoms with Gasteiger partial charge in [-0.05, 0) is 37.3 Å². The van der Waals surface area contributed by atoms with E-state index in [2.05, 4.69) is 30.3 Å². The van der Waals surface area contributed by atoms with Crippen LogP contribution in [0.3, 0.4) is 0 Å². The summed E-state index contributed by atoms with van der Waals surface area (Å²) in [5, 5.41) is 8.28. The highest BCUT2D eigenvalue weighted by atomic mass is 15.2. The average molecular weight is 249 g/mol. The van der Waals surface area contributed by atoms with Crippen molar-refractivity contribution >= 4 is 0 Å². The van der Waals surface area contributed by atoms with Gasteiger partial charge in [-0.25, -0.2) is 0 Å². The van der Waals surface area contributed by atoms with Crippen LogP contribution in [0.15, 0.2) is 12.3 Å².